The van der Waals surface area contributed by atoms with Gasteiger partial charge in [0.15, 0.2) is 0 Å². The lowest BCUT2D eigenvalue weighted by Gasteiger charge is -2.06. The maximum atomic E-state index is 11.9. The summed E-state index contributed by atoms with van der Waals surface area (Å²) in [6.07, 6.45) is 0. The van der Waals surface area contributed by atoms with Crippen LogP contribution < -0.4 is 16.6 Å². The Labute approximate surface area is 115 Å². The normalized spacial score (nSPS) is 10.0. The van der Waals surface area contributed by atoms with Crippen LogP contribution in [0.3, 0.4) is 0 Å². The third kappa shape index (κ3) is 3.67. The summed E-state index contributed by atoms with van der Waals surface area (Å²) in [4.78, 5) is 15.9. The van der Waals surface area contributed by atoms with Gasteiger partial charge in [-0.1, -0.05) is 29.8 Å². The van der Waals surface area contributed by atoms with E-state index < -0.39 is 0 Å². The fourth-order valence-electron chi connectivity index (χ4n) is 1.56. The topological polar surface area (TPSA) is 80.0 Å². The number of halogens is 1. The summed E-state index contributed by atoms with van der Waals surface area (Å²) < 4.78 is 0. The van der Waals surface area contributed by atoms with E-state index in [2.05, 4.69) is 15.7 Å². The highest BCUT2D eigenvalue weighted by atomic mass is 35.5. The fraction of sp³-hybridized carbons (Fsp3) is 0.0769. The van der Waals surface area contributed by atoms with E-state index in [9.17, 15) is 4.79 Å². The van der Waals surface area contributed by atoms with Gasteiger partial charge in [0.05, 0.1) is 0 Å². The van der Waals surface area contributed by atoms with E-state index >= 15 is 0 Å². The van der Waals surface area contributed by atoms with Gasteiger partial charge in [-0.2, -0.15) is 0 Å². The monoisotopic (exact) mass is 276 g/mol. The lowest BCUT2D eigenvalue weighted by atomic mass is 10.2. The van der Waals surface area contributed by atoms with E-state index in [1.165, 1.54) is 0 Å². The van der Waals surface area contributed by atoms with Crippen LogP contribution in [-0.4, -0.2) is 10.9 Å². The molecular weight excluding hydrogens is 264 g/mol. The number of amides is 1. The molecule has 0 unspecified atom stereocenters. The first-order valence-corrected chi connectivity index (χ1v) is 6.03. The molecular formula is C13H13ClN4O. The van der Waals surface area contributed by atoms with Crippen molar-refractivity contribution >= 4 is 23.3 Å². The average Bonchev–Trinajstić information content (AvgIpc) is 2.45. The molecule has 2 aromatic rings. The van der Waals surface area contributed by atoms with Crippen molar-refractivity contribution in [3.8, 4) is 0 Å². The minimum Gasteiger partial charge on any atom is -0.347 e. The van der Waals surface area contributed by atoms with Gasteiger partial charge in [0.2, 0.25) is 0 Å². The number of carbonyl (C=O) groups is 1. The number of hydrazine groups is 1. The second kappa shape index (κ2) is 6.17. The highest BCUT2D eigenvalue weighted by molar-refractivity contribution is 6.30. The van der Waals surface area contributed by atoms with Crippen LogP contribution in [0.4, 0.5) is 5.82 Å². The summed E-state index contributed by atoms with van der Waals surface area (Å²) in [6, 6.07) is 12.3. The number of nitrogens with one attached hydrogen (secondary N) is 2. The van der Waals surface area contributed by atoms with E-state index in [4.69, 9.17) is 17.4 Å². The number of anilines is 1. The Balaban J connectivity index is 2.01. The van der Waals surface area contributed by atoms with Crippen molar-refractivity contribution < 1.29 is 4.79 Å². The van der Waals surface area contributed by atoms with Crippen LogP contribution in [0.5, 0.6) is 0 Å². The van der Waals surface area contributed by atoms with E-state index in [0.29, 0.717) is 23.1 Å². The average molecular weight is 277 g/mol. The number of aromatic nitrogens is 1. The fourth-order valence-corrected chi connectivity index (χ4v) is 1.77. The maximum Gasteiger partial charge on any atom is 0.270 e. The number of carbonyl (C=O) groups excluding carboxylic acids is 1. The molecule has 1 aromatic carbocycles. The summed E-state index contributed by atoms with van der Waals surface area (Å²) in [6.45, 7) is 0.390. The van der Waals surface area contributed by atoms with Gasteiger partial charge >= 0.3 is 0 Å². The summed E-state index contributed by atoms with van der Waals surface area (Å²) in [5.41, 5.74) is 3.62. The standard InChI is InChI=1S/C13H13ClN4O/c14-10-4-1-3-9(7-10)8-16-13(19)11-5-2-6-12(17-11)18-15/h1-7H,8,15H2,(H,16,19)(H,17,18). The summed E-state index contributed by atoms with van der Waals surface area (Å²) in [5.74, 6) is 5.42. The van der Waals surface area contributed by atoms with Crippen LogP contribution in [-0.2, 0) is 6.54 Å². The molecule has 1 heterocycles. The molecule has 0 spiro atoms. The largest absolute Gasteiger partial charge is 0.347 e. The maximum absolute atomic E-state index is 11.9. The van der Waals surface area contributed by atoms with Crippen molar-refractivity contribution in [3.05, 3.63) is 58.7 Å². The van der Waals surface area contributed by atoms with Crippen molar-refractivity contribution in [1.82, 2.24) is 10.3 Å². The van der Waals surface area contributed by atoms with Gasteiger partial charge in [-0.15, -0.1) is 0 Å². The zero-order chi connectivity index (χ0) is 13.7. The molecule has 1 aromatic heterocycles. The second-order valence-corrected chi connectivity index (χ2v) is 4.30. The SMILES string of the molecule is NNc1cccc(C(=O)NCc2cccc(Cl)c2)n1. The third-order valence-electron chi connectivity index (χ3n) is 2.47. The first-order chi connectivity index (χ1) is 9.19. The van der Waals surface area contributed by atoms with Gasteiger partial charge in [0, 0.05) is 11.6 Å². The van der Waals surface area contributed by atoms with E-state index in [-0.39, 0.29) is 5.91 Å². The minimum absolute atomic E-state index is 0.267. The molecule has 6 heteroatoms. The molecule has 0 aliphatic rings. The first-order valence-electron chi connectivity index (χ1n) is 5.65. The minimum atomic E-state index is -0.267. The van der Waals surface area contributed by atoms with Crippen LogP contribution >= 0.6 is 11.6 Å². The molecule has 19 heavy (non-hydrogen) atoms. The molecule has 5 nitrogen and oxygen atoms in total. The van der Waals surface area contributed by atoms with Crippen LogP contribution in [0.2, 0.25) is 5.02 Å². The Kier molecular flexibility index (Phi) is 4.33. The van der Waals surface area contributed by atoms with Crippen molar-refractivity contribution in [1.29, 1.82) is 0 Å². The highest BCUT2D eigenvalue weighted by Gasteiger charge is 2.07. The van der Waals surface area contributed by atoms with Crippen LogP contribution in [0, 0.1) is 0 Å². The molecule has 0 fully saturated rings. The predicted octanol–water partition coefficient (Wildman–Crippen LogP) is 1.95. The van der Waals surface area contributed by atoms with Crippen LogP contribution in [0.1, 0.15) is 16.1 Å². The molecule has 4 N–H and O–H groups in total. The zero-order valence-corrected chi connectivity index (χ0v) is 10.8. The van der Waals surface area contributed by atoms with Crippen LogP contribution in [0.25, 0.3) is 0 Å². The Hall–Kier alpha value is -2.11. The van der Waals surface area contributed by atoms with Crippen LogP contribution in [0.15, 0.2) is 42.5 Å². The molecule has 98 valence electrons. The number of nitrogens with zero attached hydrogens (tertiary/aromatic N) is 1. The van der Waals surface area contributed by atoms with Gasteiger partial charge in [-0.05, 0) is 29.8 Å². The molecule has 0 saturated carbocycles. The van der Waals surface area contributed by atoms with Gasteiger partial charge < -0.3 is 10.7 Å². The molecule has 0 aliphatic carbocycles. The number of nitrogen functional groups attached to an aromatic ring is 1. The van der Waals surface area contributed by atoms with E-state index in [0.717, 1.165) is 5.56 Å². The zero-order valence-electron chi connectivity index (χ0n) is 10.1. The van der Waals surface area contributed by atoms with Crippen molar-refractivity contribution in [2.45, 2.75) is 6.54 Å². The van der Waals surface area contributed by atoms with Gasteiger partial charge in [-0.3, -0.25) is 4.79 Å². The number of benzene rings is 1. The summed E-state index contributed by atoms with van der Waals surface area (Å²) in [5, 5.41) is 3.40. The van der Waals surface area contributed by atoms with E-state index in [1.807, 2.05) is 12.1 Å². The second-order valence-electron chi connectivity index (χ2n) is 3.87. The smallest absolute Gasteiger partial charge is 0.270 e. The Morgan fingerprint density at radius 3 is 2.79 bits per heavy atom. The number of hydrogen-bond donors (Lipinski definition) is 3. The van der Waals surface area contributed by atoms with Crippen molar-refractivity contribution in [2.24, 2.45) is 5.84 Å². The molecule has 0 radical (unpaired) electrons. The lowest BCUT2D eigenvalue weighted by Crippen LogP contribution is -2.24. The van der Waals surface area contributed by atoms with Gasteiger partial charge in [0.1, 0.15) is 11.5 Å². The van der Waals surface area contributed by atoms with E-state index in [1.54, 1.807) is 30.3 Å². The molecule has 0 bridgehead atoms. The Morgan fingerprint density at radius 2 is 2.05 bits per heavy atom. The van der Waals surface area contributed by atoms with Crippen molar-refractivity contribution in [3.63, 3.8) is 0 Å². The molecule has 2 rings (SSSR count). The lowest BCUT2D eigenvalue weighted by molar-refractivity contribution is 0.0946. The third-order valence-corrected chi connectivity index (χ3v) is 2.71. The predicted molar refractivity (Wildman–Crippen MR) is 74.7 cm³/mol. The molecule has 0 saturated heterocycles. The summed E-state index contributed by atoms with van der Waals surface area (Å²) >= 11 is 5.87. The first kappa shape index (κ1) is 13.3. The van der Waals surface area contributed by atoms with Gasteiger partial charge in [0.25, 0.3) is 5.91 Å². The summed E-state index contributed by atoms with van der Waals surface area (Å²) in [7, 11) is 0. The Morgan fingerprint density at radius 1 is 1.26 bits per heavy atom. The van der Waals surface area contributed by atoms with Crippen molar-refractivity contribution in [2.75, 3.05) is 5.43 Å². The number of nitrogens with two attached hydrogens (primary N) is 1. The molecule has 1 amide bonds. The number of rotatable bonds is 4. The highest BCUT2D eigenvalue weighted by Crippen LogP contribution is 2.10. The molecule has 0 atom stereocenters. The quantitative estimate of drug-likeness (QED) is 0.589. The van der Waals surface area contributed by atoms with Gasteiger partial charge in [-0.25, -0.2) is 10.8 Å². The number of hydrogen-bond acceptors (Lipinski definition) is 4. The number of pyridine rings is 1. The molecule has 0 aliphatic heterocycles. The Bertz CT molecular complexity index is 588.